The highest BCUT2D eigenvalue weighted by molar-refractivity contribution is 5.57. The predicted molar refractivity (Wildman–Crippen MR) is 57.6 cm³/mol. The first kappa shape index (κ1) is 11.7. The number of nitrogens with two attached hydrogens (primary N) is 1. The minimum atomic E-state index is 0.0414. The van der Waals surface area contributed by atoms with Crippen molar-refractivity contribution in [2.75, 3.05) is 44.0 Å². The molecule has 1 heterocycles. The van der Waals surface area contributed by atoms with Crippen LogP contribution in [0.1, 0.15) is 0 Å². The van der Waals surface area contributed by atoms with Crippen molar-refractivity contribution in [3.8, 4) is 0 Å². The number of methoxy groups -OCH3 is 1. The lowest BCUT2D eigenvalue weighted by molar-refractivity contribution is 0.202. The fraction of sp³-hybridized carbons (Fsp3) is 0.556. The van der Waals surface area contributed by atoms with E-state index in [1.165, 1.54) is 6.20 Å². The molecule has 3 N–H and O–H groups in total. The number of anilines is 2. The lowest BCUT2D eigenvalue weighted by Gasteiger charge is -2.22. The topological polar surface area (TPSA) is 84.5 Å². The average molecular weight is 212 g/mol. The van der Waals surface area contributed by atoms with E-state index in [1.54, 1.807) is 13.3 Å². The summed E-state index contributed by atoms with van der Waals surface area (Å²) in [5, 5.41) is 8.92. The van der Waals surface area contributed by atoms with Crippen LogP contribution in [0.4, 0.5) is 11.6 Å². The number of nitrogens with zero attached hydrogens (tertiary/aromatic N) is 3. The third kappa shape index (κ3) is 3.34. The van der Waals surface area contributed by atoms with Gasteiger partial charge in [0, 0.05) is 32.6 Å². The highest BCUT2D eigenvalue weighted by Gasteiger charge is 2.10. The summed E-state index contributed by atoms with van der Waals surface area (Å²) < 4.78 is 4.97. The molecule has 0 bridgehead atoms. The Morgan fingerprint density at radius 3 is 2.73 bits per heavy atom. The van der Waals surface area contributed by atoms with Gasteiger partial charge in [-0.15, -0.1) is 0 Å². The van der Waals surface area contributed by atoms with Gasteiger partial charge in [-0.2, -0.15) is 0 Å². The van der Waals surface area contributed by atoms with E-state index < -0.39 is 0 Å². The lowest BCUT2D eigenvalue weighted by atomic mass is 10.4. The zero-order valence-electron chi connectivity index (χ0n) is 8.76. The van der Waals surface area contributed by atoms with E-state index in [-0.39, 0.29) is 6.61 Å². The van der Waals surface area contributed by atoms with Gasteiger partial charge in [0.1, 0.15) is 0 Å². The van der Waals surface area contributed by atoms with Crippen molar-refractivity contribution < 1.29 is 9.84 Å². The molecule has 6 heteroatoms. The minimum Gasteiger partial charge on any atom is -0.395 e. The monoisotopic (exact) mass is 212 g/mol. The number of aromatic nitrogens is 2. The molecule has 1 aromatic rings. The zero-order valence-corrected chi connectivity index (χ0v) is 8.76. The van der Waals surface area contributed by atoms with Crippen molar-refractivity contribution in [1.82, 2.24) is 9.97 Å². The van der Waals surface area contributed by atoms with E-state index >= 15 is 0 Å². The second-order valence-corrected chi connectivity index (χ2v) is 2.97. The fourth-order valence-electron chi connectivity index (χ4n) is 1.23. The van der Waals surface area contributed by atoms with Crippen LogP contribution in [0.15, 0.2) is 12.4 Å². The summed E-state index contributed by atoms with van der Waals surface area (Å²) in [5.74, 6) is 0.950. The predicted octanol–water partition coefficient (Wildman–Crippen LogP) is -0.496. The molecule has 0 saturated heterocycles. The molecule has 0 radical (unpaired) electrons. The van der Waals surface area contributed by atoms with E-state index in [4.69, 9.17) is 15.6 Å². The highest BCUT2D eigenvalue weighted by Crippen LogP contribution is 2.15. The first-order valence-electron chi connectivity index (χ1n) is 4.70. The van der Waals surface area contributed by atoms with Gasteiger partial charge in [0.25, 0.3) is 0 Å². The molecular formula is C9H16N4O2. The molecule has 0 atom stereocenters. The van der Waals surface area contributed by atoms with Crippen LogP contribution in [0, 0.1) is 0 Å². The van der Waals surface area contributed by atoms with Crippen LogP contribution < -0.4 is 10.6 Å². The van der Waals surface area contributed by atoms with Crippen LogP contribution in [0.25, 0.3) is 0 Å². The third-order valence-corrected chi connectivity index (χ3v) is 1.94. The number of hydrogen-bond acceptors (Lipinski definition) is 6. The van der Waals surface area contributed by atoms with Crippen molar-refractivity contribution in [2.45, 2.75) is 0 Å². The quantitative estimate of drug-likeness (QED) is 0.661. The zero-order chi connectivity index (χ0) is 11.1. The lowest BCUT2D eigenvalue weighted by Crippen LogP contribution is -2.31. The SMILES string of the molecule is COCCN(CCO)c1nccnc1N. The molecule has 15 heavy (non-hydrogen) atoms. The van der Waals surface area contributed by atoms with E-state index in [1.807, 2.05) is 4.90 Å². The van der Waals surface area contributed by atoms with Crippen LogP contribution >= 0.6 is 0 Å². The Morgan fingerprint density at radius 1 is 1.40 bits per heavy atom. The maximum Gasteiger partial charge on any atom is 0.171 e. The van der Waals surface area contributed by atoms with Crippen LogP contribution in [-0.4, -0.2) is 48.5 Å². The molecule has 0 spiro atoms. The van der Waals surface area contributed by atoms with Gasteiger partial charge in [0.2, 0.25) is 0 Å². The Balaban J connectivity index is 2.74. The van der Waals surface area contributed by atoms with E-state index in [0.29, 0.717) is 31.3 Å². The Labute approximate surface area is 88.7 Å². The summed E-state index contributed by atoms with van der Waals surface area (Å²) in [7, 11) is 1.62. The standard InChI is InChI=1S/C9H16N4O2/c1-15-7-5-13(4-6-14)9-8(10)11-2-3-12-9/h2-3,14H,4-7H2,1H3,(H2,10,11). The van der Waals surface area contributed by atoms with E-state index in [0.717, 1.165) is 0 Å². The van der Waals surface area contributed by atoms with Gasteiger partial charge in [-0.05, 0) is 0 Å². The first-order chi connectivity index (χ1) is 7.29. The molecule has 6 nitrogen and oxygen atoms in total. The van der Waals surface area contributed by atoms with Gasteiger partial charge in [-0.3, -0.25) is 0 Å². The van der Waals surface area contributed by atoms with Gasteiger partial charge in [-0.1, -0.05) is 0 Å². The third-order valence-electron chi connectivity index (χ3n) is 1.94. The minimum absolute atomic E-state index is 0.0414. The Kier molecular flexibility index (Phi) is 4.79. The van der Waals surface area contributed by atoms with Crippen LogP contribution in [0.5, 0.6) is 0 Å². The van der Waals surface area contributed by atoms with E-state index in [9.17, 15) is 0 Å². The Morgan fingerprint density at radius 2 is 2.13 bits per heavy atom. The van der Waals surface area contributed by atoms with Crippen LogP contribution in [0.2, 0.25) is 0 Å². The Hall–Kier alpha value is -1.40. The molecule has 0 saturated carbocycles. The summed E-state index contributed by atoms with van der Waals surface area (Å²) in [6.07, 6.45) is 3.11. The van der Waals surface area contributed by atoms with Crippen LogP contribution in [-0.2, 0) is 4.74 Å². The highest BCUT2D eigenvalue weighted by atomic mass is 16.5. The molecule has 0 aliphatic rings. The fourth-order valence-corrected chi connectivity index (χ4v) is 1.23. The maximum atomic E-state index is 8.92. The molecule has 0 amide bonds. The maximum absolute atomic E-state index is 8.92. The number of hydrogen-bond donors (Lipinski definition) is 2. The molecule has 84 valence electrons. The first-order valence-corrected chi connectivity index (χ1v) is 4.70. The van der Waals surface area contributed by atoms with Crippen molar-refractivity contribution in [3.63, 3.8) is 0 Å². The number of ether oxygens (including phenoxy) is 1. The molecule has 0 unspecified atom stereocenters. The Bertz CT molecular complexity index is 295. The van der Waals surface area contributed by atoms with Crippen molar-refractivity contribution in [1.29, 1.82) is 0 Å². The van der Waals surface area contributed by atoms with Crippen molar-refractivity contribution in [3.05, 3.63) is 12.4 Å². The molecule has 0 aromatic carbocycles. The summed E-state index contributed by atoms with van der Waals surface area (Å²) in [6, 6.07) is 0. The van der Waals surface area contributed by atoms with Gasteiger partial charge in [-0.25, -0.2) is 9.97 Å². The molecular weight excluding hydrogens is 196 g/mol. The molecule has 0 aliphatic heterocycles. The van der Waals surface area contributed by atoms with E-state index in [2.05, 4.69) is 9.97 Å². The summed E-state index contributed by atoms with van der Waals surface area (Å²) in [5.41, 5.74) is 5.69. The van der Waals surface area contributed by atoms with Crippen molar-refractivity contribution in [2.24, 2.45) is 0 Å². The average Bonchev–Trinajstić information content (AvgIpc) is 2.25. The van der Waals surface area contributed by atoms with Gasteiger partial charge in [0.15, 0.2) is 11.6 Å². The van der Waals surface area contributed by atoms with Gasteiger partial charge < -0.3 is 20.5 Å². The van der Waals surface area contributed by atoms with Crippen LogP contribution in [0.3, 0.4) is 0 Å². The molecule has 0 fully saturated rings. The van der Waals surface area contributed by atoms with Gasteiger partial charge >= 0.3 is 0 Å². The largest absolute Gasteiger partial charge is 0.395 e. The number of rotatable bonds is 6. The normalized spacial score (nSPS) is 10.3. The number of aliphatic hydroxyl groups is 1. The second-order valence-electron chi connectivity index (χ2n) is 2.97. The molecule has 1 rings (SSSR count). The molecule has 1 aromatic heterocycles. The van der Waals surface area contributed by atoms with Crippen molar-refractivity contribution >= 4 is 11.6 Å². The summed E-state index contributed by atoms with van der Waals surface area (Å²) in [4.78, 5) is 9.90. The number of nitrogen functional groups attached to an aromatic ring is 1. The summed E-state index contributed by atoms with van der Waals surface area (Å²) >= 11 is 0. The van der Waals surface area contributed by atoms with Gasteiger partial charge in [0.05, 0.1) is 13.2 Å². The number of aliphatic hydroxyl groups excluding tert-OH is 1. The smallest absolute Gasteiger partial charge is 0.171 e. The second kappa shape index (κ2) is 6.15. The summed E-state index contributed by atoms with van der Waals surface area (Å²) in [6.45, 7) is 1.68. The molecule has 0 aliphatic carbocycles.